The van der Waals surface area contributed by atoms with Crippen LogP contribution in [0.15, 0.2) is 23.4 Å². The van der Waals surface area contributed by atoms with Crippen LogP contribution in [0.2, 0.25) is 0 Å². The van der Waals surface area contributed by atoms with E-state index < -0.39 is 9.84 Å². The second-order valence-electron chi connectivity index (χ2n) is 6.37. The monoisotopic (exact) mass is 395 g/mol. The zero-order valence-corrected chi connectivity index (χ0v) is 16.6. The van der Waals surface area contributed by atoms with Gasteiger partial charge in [0.25, 0.3) is 0 Å². The van der Waals surface area contributed by atoms with Gasteiger partial charge in [0.15, 0.2) is 20.8 Å². The van der Waals surface area contributed by atoms with Gasteiger partial charge in [-0.2, -0.15) is 0 Å². The van der Waals surface area contributed by atoms with Crippen molar-refractivity contribution in [2.75, 3.05) is 18.6 Å². The second-order valence-corrected chi connectivity index (χ2v) is 9.54. The summed E-state index contributed by atoms with van der Waals surface area (Å²) in [7, 11) is 0.483. The van der Waals surface area contributed by atoms with E-state index in [0.29, 0.717) is 34.5 Å². The summed E-state index contributed by atoms with van der Waals surface area (Å²) < 4.78 is 30.6. The Morgan fingerprint density at radius 1 is 1.38 bits per heavy atom. The summed E-state index contributed by atoms with van der Waals surface area (Å²) in [4.78, 5) is 11.6. The molecule has 2 aromatic rings. The van der Waals surface area contributed by atoms with Crippen LogP contribution in [-0.2, 0) is 22.6 Å². The molecule has 140 valence electrons. The third-order valence-corrected chi connectivity index (χ3v) is 7.35. The van der Waals surface area contributed by atoms with Gasteiger partial charge in [0.05, 0.1) is 18.6 Å². The summed E-state index contributed by atoms with van der Waals surface area (Å²) in [6, 6.07) is 5.36. The van der Waals surface area contributed by atoms with E-state index in [2.05, 4.69) is 10.2 Å². The number of carbonyl (C=O) groups excluding carboxylic acids is 1. The molecule has 1 unspecified atom stereocenters. The van der Waals surface area contributed by atoms with Crippen LogP contribution < -0.4 is 4.74 Å². The molecular weight excluding hydrogens is 374 g/mol. The number of hydrogen-bond donors (Lipinski definition) is 0. The van der Waals surface area contributed by atoms with Gasteiger partial charge >= 0.3 is 0 Å². The molecule has 7 nitrogen and oxygen atoms in total. The quantitative estimate of drug-likeness (QED) is 0.547. The molecule has 26 heavy (non-hydrogen) atoms. The van der Waals surface area contributed by atoms with Crippen molar-refractivity contribution >= 4 is 27.4 Å². The molecular formula is C17H21N3O4S2. The smallest absolute Gasteiger partial charge is 0.191 e. The first-order chi connectivity index (χ1) is 12.3. The van der Waals surface area contributed by atoms with Gasteiger partial charge in [-0.3, -0.25) is 4.79 Å². The van der Waals surface area contributed by atoms with Gasteiger partial charge in [0, 0.05) is 29.8 Å². The van der Waals surface area contributed by atoms with E-state index in [1.165, 1.54) is 18.7 Å². The normalized spacial score (nSPS) is 18.8. The number of carbonyl (C=O) groups is 1. The predicted molar refractivity (Wildman–Crippen MR) is 99.6 cm³/mol. The highest BCUT2D eigenvalue weighted by molar-refractivity contribution is 7.98. The maximum absolute atomic E-state index is 11.7. The Morgan fingerprint density at radius 2 is 2.15 bits per heavy atom. The topological polar surface area (TPSA) is 91.2 Å². The van der Waals surface area contributed by atoms with Crippen LogP contribution in [-0.4, -0.2) is 47.6 Å². The first-order valence-electron chi connectivity index (χ1n) is 8.21. The maximum atomic E-state index is 11.7. The number of ether oxygens (including phenoxy) is 1. The van der Waals surface area contributed by atoms with E-state index >= 15 is 0 Å². The van der Waals surface area contributed by atoms with Gasteiger partial charge in [-0.15, -0.1) is 10.2 Å². The van der Waals surface area contributed by atoms with E-state index in [-0.39, 0.29) is 23.2 Å². The summed E-state index contributed by atoms with van der Waals surface area (Å²) in [6.07, 6.45) is 0.591. The lowest BCUT2D eigenvalue weighted by atomic mass is 10.1. The Bertz CT molecular complexity index is 937. The minimum atomic E-state index is -2.96. The van der Waals surface area contributed by atoms with Crippen LogP contribution in [0.4, 0.5) is 0 Å². The fourth-order valence-electron chi connectivity index (χ4n) is 3.06. The first kappa shape index (κ1) is 18.9. The zero-order valence-electron chi connectivity index (χ0n) is 14.9. The van der Waals surface area contributed by atoms with Crippen LogP contribution in [0, 0.1) is 0 Å². The van der Waals surface area contributed by atoms with Crippen LogP contribution in [0.5, 0.6) is 5.75 Å². The number of benzene rings is 1. The van der Waals surface area contributed by atoms with E-state index in [9.17, 15) is 13.2 Å². The molecule has 1 atom stereocenters. The average Bonchev–Trinajstić information content (AvgIpc) is 3.14. The van der Waals surface area contributed by atoms with Crippen molar-refractivity contribution in [3.8, 4) is 5.75 Å². The lowest BCUT2D eigenvalue weighted by Gasteiger charge is -2.10. The molecule has 0 spiro atoms. The van der Waals surface area contributed by atoms with E-state index in [1.807, 2.05) is 17.7 Å². The molecule has 9 heteroatoms. The third kappa shape index (κ3) is 3.93. The van der Waals surface area contributed by atoms with Gasteiger partial charge in [-0.05, 0) is 31.5 Å². The molecule has 1 fully saturated rings. The van der Waals surface area contributed by atoms with E-state index in [0.717, 1.165) is 5.56 Å². The van der Waals surface area contributed by atoms with Crippen molar-refractivity contribution in [1.29, 1.82) is 0 Å². The van der Waals surface area contributed by atoms with Gasteiger partial charge < -0.3 is 9.30 Å². The fraction of sp³-hybridized carbons (Fsp3) is 0.471. The summed E-state index contributed by atoms with van der Waals surface area (Å²) in [5, 5.41) is 9.12. The van der Waals surface area contributed by atoms with Gasteiger partial charge in [-0.1, -0.05) is 11.8 Å². The summed E-state index contributed by atoms with van der Waals surface area (Å²) in [5.41, 5.74) is 1.54. The average molecular weight is 396 g/mol. The summed E-state index contributed by atoms with van der Waals surface area (Å²) >= 11 is 1.48. The largest absolute Gasteiger partial charge is 0.496 e. The molecule has 2 heterocycles. The van der Waals surface area contributed by atoms with Crippen molar-refractivity contribution in [3.63, 3.8) is 0 Å². The highest BCUT2D eigenvalue weighted by atomic mass is 32.2. The van der Waals surface area contributed by atoms with Crippen molar-refractivity contribution in [2.24, 2.45) is 7.05 Å². The van der Waals surface area contributed by atoms with Crippen LogP contribution in [0.3, 0.4) is 0 Å². The molecule has 1 aliphatic rings. The summed E-state index contributed by atoms with van der Waals surface area (Å²) in [6.45, 7) is 1.53. The molecule has 0 amide bonds. The van der Waals surface area contributed by atoms with Crippen molar-refractivity contribution in [3.05, 3.63) is 35.2 Å². The number of sulfone groups is 1. The SMILES string of the molecule is COc1ccc(C(C)=O)cc1CSc1nnc(C2CCS(=O)(=O)C2)n1C. The van der Waals surface area contributed by atoms with Crippen molar-refractivity contribution < 1.29 is 17.9 Å². The predicted octanol–water partition coefficient (Wildman–Crippen LogP) is 2.22. The highest BCUT2D eigenvalue weighted by Crippen LogP contribution is 2.32. The lowest BCUT2D eigenvalue weighted by molar-refractivity contribution is 0.101. The number of thioether (sulfide) groups is 1. The number of aromatic nitrogens is 3. The van der Waals surface area contributed by atoms with E-state index in [4.69, 9.17) is 4.74 Å². The molecule has 1 aliphatic heterocycles. The molecule has 0 radical (unpaired) electrons. The number of rotatable bonds is 6. The zero-order chi connectivity index (χ0) is 18.9. The molecule has 0 aliphatic carbocycles. The lowest BCUT2D eigenvalue weighted by Crippen LogP contribution is -2.09. The van der Waals surface area contributed by atoms with Gasteiger partial charge in [-0.25, -0.2) is 8.42 Å². The van der Waals surface area contributed by atoms with Crippen LogP contribution in [0.25, 0.3) is 0 Å². The maximum Gasteiger partial charge on any atom is 0.191 e. The van der Waals surface area contributed by atoms with Gasteiger partial charge in [0.2, 0.25) is 0 Å². The van der Waals surface area contributed by atoms with Crippen molar-refractivity contribution in [2.45, 2.75) is 30.2 Å². The minimum Gasteiger partial charge on any atom is -0.496 e. The number of hydrogen-bond acceptors (Lipinski definition) is 7. The Kier molecular flexibility index (Phi) is 5.38. The molecule has 0 N–H and O–H groups in total. The molecule has 1 aromatic carbocycles. The van der Waals surface area contributed by atoms with Crippen molar-refractivity contribution in [1.82, 2.24) is 14.8 Å². The number of ketones is 1. The number of Topliss-reactive ketones (excluding diaryl/α,β-unsaturated/α-hetero) is 1. The minimum absolute atomic E-state index is 0.00212. The first-order valence-corrected chi connectivity index (χ1v) is 11.0. The molecule has 3 rings (SSSR count). The molecule has 1 aromatic heterocycles. The standard InChI is InChI=1S/C17H21N3O4S2/c1-11(21)12-4-5-15(24-3)14(8-12)9-25-17-19-18-16(20(17)2)13-6-7-26(22,23)10-13/h4-5,8,13H,6-7,9-10H2,1-3H3. The van der Waals surface area contributed by atoms with Crippen LogP contribution in [0.1, 0.15) is 41.0 Å². The Hall–Kier alpha value is -1.87. The Labute approximate surface area is 157 Å². The highest BCUT2D eigenvalue weighted by Gasteiger charge is 2.32. The number of nitrogens with zero attached hydrogens (tertiary/aromatic N) is 3. The molecule has 1 saturated heterocycles. The summed E-state index contributed by atoms with van der Waals surface area (Å²) in [5.74, 6) is 2.24. The molecule has 0 bridgehead atoms. The van der Waals surface area contributed by atoms with Gasteiger partial charge in [0.1, 0.15) is 11.6 Å². The third-order valence-electron chi connectivity index (χ3n) is 4.51. The van der Waals surface area contributed by atoms with Crippen LogP contribution >= 0.6 is 11.8 Å². The number of methoxy groups -OCH3 is 1. The second kappa shape index (κ2) is 7.40. The fourth-order valence-corrected chi connectivity index (χ4v) is 5.69. The Morgan fingerprint density at radius 3 is 2.77 bits per heavy atom. The van der Waals surface area contributed by atoms with E-state index in [1.54, 1.807) is 19.2 Å². The molecule has 0 saturated carbocycles. The Balaban J connectivity index is 1.77.